The molecule has 0 aliphatic heterocycles. The number of rotatable bonds is 5. The van der Waals surface area contributed by atoms with E-state index in [2.05, 4.69) is 15.6 Å². The summed E-state index contributed by atoms with van der Waals surface area (Å²) in [6.45, 7) is 0.389. The summed E-state index contributed by atoms with van der Waals surface area (Å²) in [7, 11) is 0. The molecule has 3 rings (SSSR count). The van der Waals surface area contributed by atoms with E-state index in [-0.39, 0.29) is 27.0 Å². The van der Waals surface area contributed by atoms with Crippen LogP contribution in [0.1, 0.15) is 25.6 Å². The SMILES string of the molecule is O=C(Nc1nc(Cl)c(C(=O)NCc2ccccc2)s1)c1ccccc1. The zero-order valence-electron chi connectivity index (χ0n) is 13.0. The lowest BCUT2D eigenvalue weighted by Crippen LogP contribution is -2.22. The van der Waals surface area contributed by atoms with Gasteiger partial charge in [0.1, 0.15) is 4.88 Å². The van der Waals surface area contributed by atoms with Crippen molar-refractivity contribution in [3.63, 3.8) is 0 Å². The molecule has 0 aliphatic rings. The Balaban J connectivity index is 1.65. The van der Waals surface area contributed by atoms with E-state index in [1.165, 1.54) is 0 Å². The van der Waals surface area contributed by atoms with Crippen molar-refractivity contribution in [1.82, 2.24) is 10.3 Å². The average molecular weight is 372 g/mol. The molecule has 0 spiro atoms. The Hall–Kier alpha value is -2.70. The van der Waals surface area contributed by atoms with E-state index in [4.69, 9.17) is 11.6 Å². The summed E-state index contributed by atoms with van der Waals surface area (Å²) in [5, 5.41) is 5.79. The van der Waals surface area contributed by atoms with Crippen molar-refractivity contribution in [2.75, 3.05) is 5.32 Å². The van der Waals surface area contributed by atoms with Crippen molar-refractivity contribution in [3.8, 4) is 0 Å². The van der Waals surface area contributed by atoms with Gasteiger partial charge in [-0.1, -0.05) is 71.5 Å². The molecule has 3 aromatic rings. The second kappa shape index (κ2) is 7.92. The van der Waals surface area contributed by atoms with Gasteiger partial charge in [-0.25, -0.2) is 4.98 Å². The molecule has 1 aromatic heterocycles. The van der Waals surface area contributed by atoms with Crippen LogP contribution in [0.4, 0.5) is 5.13 Å². The maximum Gasteiger partial charge on any atom is 0.264 e. The van der Waals surface area contributed by atoms with Crippen molar-refractivity contribution in [2.45, 2.75) is 6.54 Å². The van der Waals surface area contributed by atoms with Crippen LogP contribution in [0.15, 0.2) is 60.7 Å². The molecule has 5 nitrogen and oxygen atoms in total. The molecule has 0 aliphatic carbocycles. The minimum Gasteiger partial charge on any atom is -0.347 e. The fourth-order valence-electron chi connectivity index (χ4n) is 2.11. The Morgan fingerprint density at radius 1 is 0.960 bits per heavy atom. The molecular weight excluding hydrogens is 358 g/mol. The number of nitrogens with one attached hydrogen (secondary N) is 2. The maximum atomic E-state index is 12.3. The van der Waals surface area contributed by atoms with Gasteiger partial charge in [0.25, 0.3) is 11.8 Å². The Labute approximate surface area is 153 Å². The molecule has 1 heterocycles. The van der Waals surface area contributed by atoms with E-state index >= 15 is 0 Å². The lowest BCUT2D eigenvalue weighted by molar-refractivity contribution is 0.0954. The monoisotopic (exact) mass is 371 g/mol. The predicted molar refractivity (Wildman–Crippen MR) is 99.1 cm³/mol. The molecule has 0 atom stereocenters. The number of carbonyl (C=O) groups excluding carboxylic acids is 2. The predicted octanol–water partition coefficient (Wildman–Crippen LogP) is 3.98. The van der Waals surface area contributed by atoms with Crippen LogP contribution in [-0.2, 0) is 6.54 Å². The van der Waals surface area contributed by atoms with Crippen LogP contribution in [0.3, 0.4) is 0 Å². The molecule has 0 saturated heterocycles. The molecule has 0 bridgehead atoms. The van der Waals surface area contributed by atoms with Gasteiger partial charge in [0.05, 0.1) is 0 Å². The van der Waals surface area contributed by atoms with Gasteiger partial charge in [0.15, 0.2) is 10.3 Å². The fraction of sp³-hybridized carbons (Fsp3) is 0.0556. The number of thiazole rings is 1. The summed E-state index contributed by atoms with van der Waals surface area (Å²) in [6, 6.07) is 18.3. The standard InChI is InChI=1S/C18H14ClN3O2S/c19-15-14(17(24)20-11-12-7-3-1-4-8-12)25-18(21-15)22-16(23)13-9-5-2-6-10-13/h1-10H,11H2,(H,20,24)(H,21,22,23). The number of nitrogens with zero attached hydrogens (tertiary/aromatic N) is 1. The van der Waals surface area contributed by atoms with Crippen LogP contribution in [0.2, 0.25) is 5.15 Å². The van der Waals surface area contributed by atoms with E-state index in [1.807, 2.05) is 36.4 Å². The van der Waals surface area contributed by atoms with Crippen LogP contribution >= 0.6 is 22.9 Å². The van der Waals surface area contributed by atoms with E-state index in [1.54, 1.807) is 24.3 Å². The maximum absolute atomic E-state index is 12.3. The van der Waals surface area contributed by atoms with Gasteiger partial charge in [-0.05, 0) is 17.7 Å². The topological polar surface area (TPSA) is 71.1 Å². The van der Waals surface area contributed by atoms with Crippen LogP contribution in [0.5, 0.6) is 0 Å². The first kappa shape index (κ1) is 17.1. The van der Waals surface area contributed by atoms with Crippen LogP contribution in [0.25, 0.3) is 0 Å². The Kier molecular flexibility index (Phi) is 5.42. The molecular formula is C18H14ClN3O2S. The molecule has 0 radical (unpaired) electrons. The van der Waals surface area contributed by atoms with Gasteiger partial charge in [-0.15, -0.1) is 0 Å². The highest BCUT2D eigenvalue weighted by atomic mass is 35.5. The number of carbonyl (C=O) groups is 2. The van der Waals surface area contributed by atoms with E-state index < -0.39 is 0 Å². The highest BCUT2D eigenvalue weighted by Gasteiger charge is 2.18. The first-order chi connectivity index (χ1) is 12.1. The molecule has 0 fully saturated rings. The van der Waals surface area contributed by atoms with Gasteiger partial charge in [-0.2, -0.15) is 0 Å². The van der Waals surface area contributed by atoms with Gasteiger partial charge in [0, 0.05) is 12.1 Å². The van der Waals surface area contributed by atoms with E-state index in [0.29, 0.717) is 12.1 Å². The third kappa shape index (κ3) is 4.43. The molecule has 2 N–H and O–H groups in total. The average Bonchev–Trinajstić information content (AvgIpc) is 3.01. The third-order valence-electron chi connectivity index (χ3n) is 3.34. The van der Waals surface area contributed by atoms with Crippen molar-refractivity contribution in [3.05, 3.63) is 81.8 Å². The quantitative estimate of drug-likeness (QED) is 0.712. The van der Waals surface area contributed by atoms with Gasteiger partial charge in [-0.3, -0.25) is 14.9 Å². The van der Waals surface area contributed by atoms with Gasteiger partial charge < -0.3 is 5.32 Å². The van der Waals surface area contributed by atoms with Crippen LogP contribution in [-0.4, -0.2) is 16.8 Å². The van der Waals surface area contributed by atoms with Crippen LogP contribution in [0, 0.1) is 0 Å². The smallest absolute Gasteiger partial charge is 0.264 e. The molecule has 126 valence electrons. The van der Waals surface area contributed by atoms with Gasteiger partial charge in [0.2, 0.25) is 0 Å². The third-order valence-corrected chi connectivity index (χ3v) is 4.70. The summed E-state index contributed by atoms with van der Waals surface area (Å²) in [6.07, 6.45) is 0. The Morgan fingerprint density at radius 2 is 1.60 bits per heavy atom. The minimum atomic E-state index is -0.327. The minimum absolute atomic E-state index is 0.0684. The van der Waals surface area contributed by atoms with Crippen molar-refractivity contribution in [1.29, 1.82) is 0 Å². The first-order valence-corrected chi connectivity index (χ1v) is 8.68. The molecule has 0 unspecified atom stereocenters. The van der Waals surface area contributed by atoms with Crippen molar-refractivity contribution in [2.24, 2.45) is 0 Å². The lowest BCUT2D eigenvalue weighted by atomic mass is 10.2. The summed E-state index contributed by atoms with van der Waals surface area (Å²) in [5.41, 5.74) is 1.48. The van der Waals surface area contributed by atoms with E-state index in [0.717, 1.165) is 16.9 Å². The second-order valence-electron chi connectivity index (χ2n) is 5.13. The first-order valence-electron chi connectivity index (χ1n) is 7.48. The number of hydrogen-bond donors (Lipinski definition) is 2. The van der Waals surface area contributed by atoms with E-state index in [9.17, 15) is 9.59 Å². The Morgan fingerprint density at radius 3 is 2.28 bits per heavy atom. The van der Waals surface area contributed by atoms with Crippen LogP contribution < -0.4 is 10.6 Å². The Bertz CT molecular complexity index is 882. The summed E-state index contributed by atoms with van der Waals surface area (Å²) in [4.78, 5) is 28.7. The molecule has 0 saturated carbocycles. The van der Waals surface area contributed by atoms with Gasteiger partial charge >= 0.3 is 0 Å². The summed E-state index contributed by atoms with van der Waals surface area (Å²) in [5.74, 6) is -0.631. The van der Waals surface area contributed by atoms with Crippen molar-refractivity contribution < 1.29 is 9.59 Å². The molecule has 2 aromatic carbocycles. The number of amides is 2. The number of anilines is 1. The normalized spacial score (nSPS) is 10.3. The fourth-order valence-corrected chi connectivity index (χ4v) is 3.22. The molecule has 7 heteroatoms. The second-order valence-corrected chi connectivity index (χ2v) is 6.48. The lowest BCUT2D eigenvalue weighted by Gasteiger charge is -2.03. The zero-order valence-corrected chi connectivity index (χ0v) is 14.6. The zero-order chi connectivity index (χ0) is 17.6. The number of hydrogen-bond acceptors (Lipinski definition) is 4. The summed E-state index contributed by atoms with van der Waals surface area (Å²) < 4.78 is 0. The largest absolute Gasteiger partial charge is 0.347 e. The van der Waals surface area contributed by atoms with Crippen molar-refractivity contribution >= 4 is 39.9 Å². The highest BCUT2D eigenvalue weighted by Crippen LogP contribution is 2.27. The summed E-state index contributed by atoms with van der Waals surface area (Å²) >= 11 is 7.08. The molecule has 2 amide bonds. The number of aromatic nitrogens is 1. The number of halogens is 1. The highest BCUT2D eigenvalue weighted by molar-refractivity contribution is 7.18. The number of benzene rings is 2. The molecule has 25 heavy (non-hydrogen) atoms.